The van der Waals surface area contributed by atoms with Crippen molar-refractivity contribution in [3.63, 3.8) is 0 Å². The Morgan fingerprint density at radius 1 is 1.07 bits per heavy atom. The lowest BCUT2D eigenvalue weighted by molar-refractivity contribution is 0.168. The first-order chi connectivity index (χ1) is 20.6. The summed E-state index contributed by atoms with van der Waals surface area (Å²) < 4.78 is 59.8. The van der Waals surface area contributed by atoms with E-state index in [1.54, 1.807) is 18.3 Å². The van der Waals surface area contributed by atoms with Crippen molar-refractivity contribution in [3.8, 4) is 11.1 Å². The van der Waals surface area contributed by atoms with Crippen LogP contribution >= 0.6 is 11.6 Å². The number of anilines is 2. The number of aliphatic hydroxyl groups is 2. The fraction of sp³-hybridized carbons (Fsp3) is 0.333. The number of likely N-dealkylation sites (tertiary alicyclic amines) is 1. The van der Waals surface area contributed by atoms with Crippen molar-refractivity contribution in [3.05, 3.63) is 76.4 Å². The predicted molar refractivity (Wildman–Crippen MR) is 161 cm³/mol. The molecule has 1 aliphatic carbocycles. The van der Waals surface area contributed by atoms with Gasteiger partial charge in [-0.15, -0.1) is 0 Å². The lowest BCUT2D eigenvalue weighted by Crippen LogP contribution is -2.40. The van der Waals surface area contributed by atoms with Crippen LogP contribution in [0, 0.1) is 11.6 Å². The maximum atomic E-state index is 15.8. The van der Waals surface area contributed by atoms with Gasteiger partial charge in [-0.2, -0.15) is 0 Å². The lowest BCUT2D eigenvalue weighted by Gasteiger charge is -2.31. The van der Waals surface area contributed by atoms with E-state index in [9.17, 15) is 13.5 Å². The third-order valence-electron chi connectivity index (χ3n) is 8.07. The summed E-state index contributed by atoms with van der Waals surface area (Å²) in [4.78, 5) is 11.0. The summed E-state index contributed by atoms with van der Waals surface area (Å²) in [5.74, 6) is -1.48. The van der Waals surface area contributed by atoms with Crippen LogP contribution in [0.4, 0.5) is 20.4 Å². The van der Waals surface area contributed by atoms with Gasteiger partial charge in [0.25, 0.3) is 10.0 Å². The van der Waals surface area contributed by atoms with Gasteiger partial charge in [0.2, 0.25) is 5.95 Å². The topological polar surface area (TPSA) is 128 Å². The summed E-state index contributed by atoms with van der Waals surface area (Å²) in [6.45, 7) is 2.53. The van der Waals surface area contributed by atoms with Crippen LogP contribution in [0.5, 0.6) is 0 Å². The molecular weight excluding hydrogens is 600 g/mol. The first-order valence-electron chi connectivity index (χ1n) is 14.0. The highest BCUT2D eigenvalue weighted by Gasteiger charge is 2.30. The van der Waals surface area contributed by atoms with Gasteiger partial charge in [0.15, 0.2) is 5.82 Å². The molecule has 2 aliphatic rings. The van der Waals surface area contributed by atoms with E-state index in [0.717, 1.165) is 38.1 Å². The van der Waals surface area contributed by atoms with Gasteiger partial charge in [0.05, 0.1) is 34.4 Å². The fourth-order valence-corrected chi connectivity index (χ4v) is 7.53. The molecule has 0 bridgehead atoms. The normalized spacial score (nSPS) is 17.7. The van der Waals surface area contributed by atoms with Crippen LogP contribution in [0.3, 0.4) is 0 Å². The second kappa shape index (κ2) is 11.9. The molecule has 0 unspecified atom stereocenters. The number of fused-ring (bicyclic) bond motifs is 2. The van der Waals surface area contributed by atoms with Crippen molar-refractivity contribution < 1.29 is 27.4 Å². The highest BCUT2D eigenvalue weighted by Crippen LogP contribution is 2.39. The van der Waals surface area contributed by atoms with Crippen molar-refractivity contribution in [1.29, 1.82) is 0 Å². The van der Waals surface area contributed by atoms with Gasteiger partial charge in [0.1, 0.15) is 5.82 Å². The molecule has 0 spiro atoms. The number of hydrogen-bond donors (Lipinski definition) is 4. The lowest BCUT2D eigenvalue weighted by atomic mass is 10.0. The highest BCUT2D eigenvalue weighted by atomic mass is 35.5. The fourth-order valence-electron chi connectivity index (χ4n) is 5.85. The van der Waals surface area contributed by atoms with Crippen molar-refractivity contribution in [2.24, 2.45) is 0 Å². The monoisotopic (exact) mass is 629 g/mol. The van der Waals surface area contributed by atoms with E-state index in [0.29, 0.717) is 47.4 Å². The summed E-state index contributed by atoms with van der Waals surface area (Å²) >= 11 is 6.13. The number of sulfonamides is 1. The maximum absolute atomic E-state index is 15.8. The minimum absolute atomic E-state index is 0.125. The van der Waals surface area contributed by atoms with Crippen LogP contribution in [0.15, 0.2) is 53.6 Å². The third-order valence-corrected chi connectivity index (χ3v) is 9.72. The predicted octanol–water partition coefficient (Wildman–Crippen LogP) is 4.88. The summed E-state index contributed by atoms with van der Waals surface area (Å²) in [5.41, 5.74) is 0.788. The van der Waals surface area contributed by atoms with Gasteiger partial charge in [-0.25, -0.2) is 27.2 Å². The second-order valence-electron chi connectivity index (χ2n) is 10.9. The van der Waals surface area contributed by atoms with E-state index in [2.05, 4.69) is 24.9 Å². The number of nitrogens with one attached hydrogen (secondary N) is 2. The average Bonchev–Trinajstić information content (AvgIpc) is 3.35. The van der Waals surface area contributed by atoms with Gasteiger partial charge in [-0.05, 0) is 78.8 Å². The molecule has 2 heterocycles. The Hall–Kier alpha value is -3.42. The van der Waals surface area contributed by atoms with E-state index in [4.69, 9.17) is 16.7 Å². The Morgan fingerprint density at radius 2 is 1.86 bits per heavy atom. The van der Waals surface area contributed by atoms with Gasteiger partial charge < -0.3 is 20.4 Å². The summed E-state index contributed by atoms with van der Waals surface area (Å²) in [5, 5.41) is 23.4. The molecule has 1 fully saturated rings. The van der Waals surface area contributed by atoms with Crippen LogP contribution in [0.2, 0.25) is 5.02 Å². The molecule has 1 saturated heterocycles. The highest BCUT2D eigenvalue weighted by molar-refractivity contribution is 7.92. The van der Waals surface area contributed by atoms with Crippen LogP contribution < -0.4 is 10.0 Å². The number of halogens is 3. The molecule has 43 heavy (non-hydrogen) atoms. The van der Waals surface area contributed by atoms with E-state index in [1.807, 2.05) is 0 Å². The molecule has 4 aromatic rings. The smallest absolute Gasteiger partial charge is 0.262 e. The van der Waals surface area contributed by atoms with E-state index >= 15 is 8.78 Å². The van der Waals surface area contributed by atoms with Gasteiger partial charge in [-0.3, -0.25) is 4.72 Å². The minimum Gasteiger partial charge on any atom is -0.395 e. The van der Waals surface area contributed by atoms with Crippen LogP contribution in [-0.2, 0) is 16.4 Å². The molecule has 1 aliphatic heterocycles. The third kappa shape index (κ3) is 6.02. The number of rotatable bonds is 8. The quantitative estimate of drug-likeness (QED) is 0.217. The molecule has 6 rings (SSSR count). The molecule has 0 radical (unpaired) electrons. The summed E-state index contributed by atoms with van der Waals surface area (Å²) in [6.07, 6.45) is 3.19. The first kappa shape index (κ1) is 29.6. The molecular formula is C30H30ClF2N5O4S. The van der Waals surface area contributed by atoms with Crippen LogP contribution in [-0.4, -0.2) is 65.8 Å². The molecule has 3 aromatic carbocycles. The van der Waals surface area contributed by atoms with Crippen molar-refractivity contribution in [1.82, 2.24) is 14.9 Å². The van der Waals surface area contributed by atoms with E-state index in [-0.39, 0.29) is 28.1 Å². The summed E-state index contributed by atoms with van der Waals surface area (Å²) in [7, 11) is -4.33. The summed E-state index contributed by atoms with van der Waals surface area (Å²) in [6, 6.07) is 9.72. The number of aromatic nitrogens is 2. The zero-order valence-electron chi connectivity index (χ0n) is 23.0. The second-order valence-corrected chi connectivity index (χ2v) is 13.0. The molecule has 226 valence electrons. The maximum Gasteiger partial charge on any atom is 0.262 e. The SMILES string of the molecule is O=S(=O)(Nc1ccc(F)c(-c2ccc3nc(NC4CCN(CCO)CC4)ncc3c2)c1F)c1cc(Cl)cc2c1CC[C@H]2O. The standard InChI is InChI=1S/C30H30ClF2N5O4S/c31-19-14-22-21(2-6-26(22)40)27(15-19)43(41,42)37-25-5-3-23(32)28(29(25)33)17-1-4-24-18(13-17)16-34-30(36-24)35-20-7-9-38(10-8-20)11-12-39/h1,3-5,13-16,20,26,37,39-40H,2,6-12H2,(H,34,35,36)/t26-/m1/s1. The molecule has 0 saturated carbocycles. The Balaban J connectivity index is 1.25. The Kier molecular flexibility index (Phi) is 8.22. The first-order valence-corrected chi connectivity index (χ1v) is 15.9. The molecule has 1 aromatic heterocycles. The van der Waals surface area contributed by atoms with E-state index < -0.39 is 39.0 Å². The molecule has 0 amide bonds. The molecule has 13 heteroatoms. The van der Waals surface area contributed by atoms with Crippen molar-refractivity contribution in [2.45, 2.75) is 42.7 Å². The van der Waals surface area contributed by atoms with Gasteiger partial charge >= 0.3 is 0 Å². The average molecular weight is 630 g/mol. The Bertz CT molecular complexity index is 1800. The number of aliphatic hydroxyl groups excluding tert-OH is 2. The largest absolute Gasteiger partial charge is 0.395 e. The van der Waals surface area contributed by atoms with Gasteiger partial charge in [-0.1, -0.05) is 17.7 Å². The number of benzene rings is 3. The van der Waals surface area contributed by atoms with Gasteiger partial charge in [0, 0.05) is 42.3 Å². The van der Waals surface area contributed by atoms with Crippen LogP contribution in [0.25, 0.3) is 22.0 Å². The Labute approximate surface area is 252 Å². The zero-order valence-corrected chi connectivity index (χ0v) is 24.6. The van der Waals surface area contributed by atoms with Crippen molar-refractivity contribution >= 4 is 44.2 Å². The minimum atomic E-state index is -4.33. The van der Waals surface area contributed by atoms with Crippen molar-refractivity contribution in [2.75, 3.05) is 36.3 Å². The number of hydrogen-bond acceptors (Lipinski definition) is 8. The van der Waals surface area contributed by atoms with E-state index in [1.165, 1.54) is 18.2 Å². The number of piperidine rings is 1. The Morgan fingerprint density at radius 3 is 2.63 bits per heavy atom. The van der Waals surface area contributed by atoms with Crippen LogP contribution in [0.1, 0.15) is 36.5 Å². The number of β-amino-alcohol motifs (C(OH)–C–C–N with tert-alkyl or cyclic N) is 1. The molecule has 9 nitrogen and oxygen atoms in total. The zero-order chi connectivity index (χ0) is 30.3. The molecule has 1 atom stereocenters. The molecule has 4 N–H and O–H groups in total. The number of nitrogens with zero attached hydrogens (tertiary/aromatic N) is 3.